The van der Waals surface area contributed by atoms with E-state index in [9.17, 15) is 9.00 Å². The molecule has 1 N–H and O–H groups in total. The van der Waals surface area contributed by atoms with E-state index in [2.05, 4.69) is 0 Å². The molecular formula is C8H15NO3S. The summed E-state index contributed by atoms with van der Waals surface area (Å²) in [6.07, 6.45) is 0.613. The molecule has 1 aliphatic rings. The lowest BCUT2D eigenvalue weighted by Gasteiger charge is -2.30. The molecule has 13 heavy (non-hydrogen) atoms. The number of hydrogen-bond acceptors (Lipinski definition) is 3. The fraction of sp³-hybridized carbons (Fsp3) is 0.875. The molecule has 1 heterocycles. The summed E-state index contributed by atoms with van der Waals surface area (Å²) >= 11 is 0. The van der Waals surface area contributed by atoms with E-state index in [1.54, 1.807) is 0 Å². The van der Waals surface area contributed by atoms with Gasteiger partial charge in [-0.25, -0.2) is 0 Å². The quantitative estimate of drug-likeness (QED) is 0.700. The summed E-state index contributed by atoms with van der Waals surface area (Å²) in [7, 11) is -0.727. The third-order valence-corrected chi connectivity index (χ3v) is 3.60. The molecule has 76 valence electrons. The zero-order valence-corrected chi connectivity index (χ0v) is 8.55. The SMILES string of the molecule is CCC(C(=O)O)N1CCS(=O)CC1. The third kappa shape index (κ3) is 2.77. The Morgan fingerprint density at radius 1 is 1.54 bits per heavy atom. The van der Waals surface area contributed by atoms with Crippen molar-refractivity contribution >= 4 is 16.8 Å². The molecule has 1 fully saturated rings. The highest BCUT2D eigenvalue weighted by molar-refractivity contribution is 7.85. The minimum Gasteiger partial charge on any atom is -0.480 e. The van der Waals surface area contributed by atoms with Gasteiger partial charge in [-0.3, -0.25) is 13.9 Å². The maximum absolute atomic E-state index is 11.0. The van der Waals surface area contributed by atoms with Crippen LogP contribution in [0, 0.1) is 0 Å². The Hall–Kier alpha value is -0.420. The zero-order valence-electron chi connectivity index (χ0n) is 7.73. The highest BCUT2D eigenvalue weighted by atomic mass is 32.2. The Bertz CT molecular complexity index is 209. The molecule has 0 aromatic heterocycles. The number of aliphatic carboxylic acids is 1. The second-order valence-electron chi connectivity index (χ2n) is 3.15. The monoisotopic (exact) mass is 205 g/mol. The molecule has 0 aromatic carbocycles. The Balaban J connectivity index is 2.50. The zero-order chi connectivity index (χ0) is 9.84. The van der Waals surface area contributed by atoms with Crippen molar-refractivity contribution in [2.45, 2.75) is 19.4 Å². The first-order valence-corrected chi connectivity index (χ1v) is 5.95. The summed E-state index contributed by atoms with van der Waals surface area (Å²) in [5, 5.41) is 8.87. The molecule has 1 rings (SSSR count). The van der Waals surface area contributed by atoms with Gasteiger partial charge < -0.3 is 5.11 Å². The molecule has 0 spiro atoms. The van der Waals surface area contributed by atoms with Crippen LogP contribution in [0.2, 0.25) is 0 Å². The number of carboxylic acids is 1. The topological polar surface area (TPSA) is 57.6 Å². The molecule has 1 unspecified atom stereocenters. The lowest BCUT2D eigenvalue weighted by molar-refractivity contribution is -0.143. The van der Waals surface area contributed by atoms with Gasteiger partial charge in [0.05, 0.1) is 0 Å². The van der Waals surface area contributed by atoms with Crippen molar-refractivity contribution in [1.29, 1.82) is 0 Å². The number of carbonyl (C=O) groups is 1. The highest BCUT2D eigenvalue weighted by Gasteiger charge is 2.26. The molecule has 0 saturated carbocycles. The molecule has 1 saturated heterocycles. The van der Waals surface area contributed by atoms with E-state index in [0.29, 0.717) is 31.0 Å². The van der Waals surface area contributed by atoms with Gasteiger partial charge in [0, 0.05) is 35.4 Å². The maximum Gasteiger partial charge on any atom is 0.320 e. The number of nitrogens with zero attached hydrogens (tertiary/aromatic N) is 1. The normalized spacial score (nSPS) is 22.8. The van der Waals surface area contributed by atoms with E-state index in [-0.39, 0.29) is 0 Å². The van der Waals surface area contributed by atoms with Crippen LogP contribution in [0.1, 0.15) is 13.3 Å². The molecule has 0 amide bonds. The minimum atomic E-state index is -0.768. The van der Waals surface area contributed by atoms with E-state index in [1.165, 1.54) is 0 Å². The van der Waals surface area contributed by atoms with Crippen LogP contribution >= 0.6 is 0 Å². The van der Waals surface area contributed by atoms with Gasteiger partial charge in [0.1, 0.15) is 6.04 Å². The van der Waals surface area contributed by atoms with Crippen molar-refractivity contribution in [3.05, 3.63) is 0 Å². The van der Waals surface area contributed by atoms with E-state index < -0.39 is 22.8 Å². The second kappa shape index (κ2) is 4.72. The predicted octanol–water partition coefficient (Wildman–Crippen LogP) is -0.0861. The van der Waals surface area contributed by atoms with Gasteiger partial charge in [-0.1, -0.05) is 6.92 Å². The molecule has 5 heteroatoms. The summed E-state index contributed by atoms with van der Waals surface area (Å²) in [6, 6.07) is -0.391. The van der Waals surface area contributed by atoms with Crippen LogP contribution in [0.5, 0.6) is 0 Å². The average molecular weight is 205 g/mol. The van der Waals surface area contributed by atoms with E-state index in [1.807, 2.05) is 11.8 Å². The Kier molecular flexibility index (Phi) is 3.87. The third-order valence-electron chi connectivity index (χ3n) is 2.32. The first kappa shape index (κ1) is 10.7. The number of rotatable bonds is 3. The van der Waals surface area contributed by atoms with Gasteiger partial charge >= 0.3 is 5.97 Å². The summed E-state index contributed by atoms with van der Waals surface area (Å²) in [5.41, 5.74) is 0. The van der Waals surface area contributed by atoms with Crippen LogP contribution in [0.3, 0.4) is 0 Å². The van der Waals surface area contributed by atoms with Gasteiger partial charge in [0.2, 0.25) is 0 Å². The highest BCUT2D eigenvalue weighted by Crippen LogP contribution is 2.08. The van der Waals surface area contributed by atoms with Crippen LogP contribution in [0.4, 0.5) is 0 Å². The Morgan fingerprint density at radius 2 is 2.08 bits per heavy atom. The van der Waals surface area contributed by atoms with Crippen LogP contribution < -0.4 is 0 Å². The van der Waals surface area contributed by atoms with Gasteiger partial charge in [-0.15, -0.1) is 0 Å². The van der Waals surface area contributed by atoms with Crippen molar-refractivity contribution in [3.63, 3.8) is 0 Å². The molecule has 0 bridgehead atoms. The molecule has 4 nitrogen and oxygen atoms in total. The molecular weight excluding hydrogens is 190 g/mol. The first-order chi connectivity index (χ1) is 6.15. The smallest absolute Gasteiger partial charge is 0.320 e. The largest absolute Gasteiger partial charge is 0.480 e. The first-order valence-electron chi connectivity index (χ1n) is 4.47. The van der Waals surface area contributed by atoms with Gasteiger partial charge in [-0.05, 0) is 6.42 Å². The Labute approximate surface area is 80.4 Å². The van der Waals surface area contributed by atoms with E-state index in [0.717, 1.165) is 0 Å². The molecule has 0 aromatic rings. The van der Waals surface area contributed by atoms with E-state index in [4.69, 9.17) is 5.11 Å². The predicted molar refractivity (Wildman–Crippen MR) is 51.2 cm³/mol. The number of carboxylic acid groups (broad SMARTS) is 1. The van der Waals surface area contributed by atoms with Crippen molar-refractivity contribution in [3.8, 4) is 0 Å². The van der Waals surface area contributed by atoms with Crippen LogP contribution in [-0.2, 0) is 15.6 Å². The molecule has 0 aliphatic carbocycles. The summed E-state index contributed by atoms with van der Waals surface area (Å²) in [4.78, 5) is 12.7. The lowest BCUT2D eigenvalue weighted by atomic mass is 10.2. The van der Waals surface area contributed by atoms with Crippen molar-refractivity contribution in [1.82, 2.24) is 4.90 Å². The fourth-order valence-electron chi connectivity index (χ4n) is 1.55. The van der Waals surface area contributed by atoms with Crippen LogP contribution in [-0.4, -0.2) is 50.8 Å². The van der Waals surface area contributed by atoms with Crippen LogP contribution in [0.25, 0.3) is 0 Å². The maximum atomic E-state index is 11.0. The van der Waals surface area contributed by atoms with E-state index >= 15 is 0 Å². The van der Waals surface area contributed by atoms with Gasteiger partial charge in [0.25, 0.3) is 0 Å². The summed E-state index contributed by atoms with van der Waals surface area (Å²) in [6.45, 7) is 3.17. The van der Waals surface area contributed by atoms with Crippen molar-refractivity contribution < 1.29 is 14.1 Å². The second-order valence-corrected chi connectivity index (χ2v) is 4.84. The number of hydrogen-bond donors (Lipinski definition) is 1. The Morgan fingerprint density at radius 3 is 2.46 bits per heavy atom. The van der Waals surface area contributed by atoms with Crippen LogP contribution in [0.15, 0.2) is 0 Å². The molecule has 0 radical (unpaired) electrons. The van der Waals surface area contributed by atoms with Crippen molar-refractivity contribution in [2.24, 2.45) is 0 Å². The summed E-state index contributed by atoms with van der Waals surface area (Å²) < 4.78 is 11.0. The summed E-state index contributed by atoms with van der Waals surface area (Å²) in [5.74, 6) is 0.461. The van der Waals surface area contributed by atoms with Gasteiger partial charge in [-0.2, -0.15) is 0 Å². The molecule has 1 aliphatic heterocycles. The average Bonchev–Trinajstić information content (AvgIpc) is 2.09. The lowest BCUT2D eigenvalue weighted by Crippen LogP contribution is -2.47. The van der Waals surface area contributed by atoms with Gasteiger partial charge in [0.15, 0.2) is 0 Å². The standard InChI is InChI=1S/C8H15NO3S/c1-2-7(8(10)11)9-3-5-13(12)6-4-9/h7H,2-6H2,1H3,(H,10,11). The minimum absolute atomic E-state index is 0.391. The van der Waals surface area contributed by atoms with Crippen molar-refractivity contribution in [2.75, 3.05) is 24.6 Å². The molecule has 1 atom stereocenters. The fourth-order valence-corrected chi connectivity index (χ4v) is 2.63.